The lowest BCUT2D eigenvalue weighted by molar-refractivity contribution is 0.0954. The molecule has 0 saturated heterocycles. The maximum Gasteiger partial charge on any atom is 0.251 e. The number of carbonyl (C=O) groups is 1. The number of halogens is 1. The first kappa shape index (κ1) is 20.3. The van der Waals surface area contributed by atoms with Crippen LogP contribution in [0, 0.1) is 6.92 Å². The van der Waals surface area contributed by atoms with Crippen LogP contribution in [0.5, 0.6) is 0 Å². The molecule has 1 amide bonds. The molecule has 0 spiro atoms. The Morgan fingerprint density at radius 3 is 2.57 bits per heavy atom. The summed E-state index contributed by atoms with van der Waals surface area (Å²) in [6.45, 7) is 3.22. The Morgan fingerprint density at radius 1 is 1.03 bits per heavy atom. The molecular weight excluding hydrogens is 416 g/mol. The number of nitrogens with zero attached hydrogens (tertiary/aromatic N) is 2. The fourth-order valence-corrected chi connectivity index (χ4v) is 4.28. The average molecular weight is 437 g/mol. The molecule has 2 aromatic heterocycles. The molecule has 4 rings (SSSR count). The molecule has 0 atom stereocenters. The molecule has 0 aliphatic heterocycles. The minimum Gasteiger partial charge on any atom is -0.365 e. The number of aromatic nitrogens is 2. The molecule has 2 aromatic carbocycles. The molecule has 0 aliphatic carbocycles. The van der Waals surface area contributed by atoms with Gasteiger partial charge in [-0.05, 0) is 54.3 Å². The van der Waals surface area contributed by atoms with Crippen molar-refractivity contribution in [2.24, 2.45) is 0 Å². The van der Waals surface area contributed by atoms with Crippen molar-refractivity contribution in [3.05, 3.63) is 87.5 Å². The van der Waals surface area contributed by atoms with Gasteiger partial charge in [-0.1, -0.05) is 42.5 Å². The quantitative estimate of drug-likeness (QED) is 0.389. The maximum atomic E-state index is 12.4. The third kappa shape index (κ3) is 4.96. The highest BCUT2D eigenvalue weighted by molar-refractivity contribution is 7.18. The molecular formula is C23H21ClN4OS. The van der Waals surface area contributed by atoms with E-state index >= 15 is 0 Å². The van der Waals surface area contributed by atoms with Crippen LogP contribution in [0.4, 0.5) is 5.82 Å². The predicted octanol–water partition coefficient (Wildman–Crippen LogP) is 5.24. The van der Waals surface area contributed by atoms with E-state index in [2.05, 4.69) is 38.8 Å². The average Bonchev–Trinajstić information content (AvgIpc) is 3.13. The van der Waals surface area contributed by atoms with Crippen LogP contribution in [-0.2, 0) is 13.0 Å². The highest BCUT2D eigenvalue weighted by Crippen LogP contribution is 2.29. The Bertz CT molecular complexity index is 1160. The molecule has 2 heterocycles. The van der Waals surface area contributed by atoms with Crippen molar-refractivity contribution in [1.82, 2.24) is 15.3 Å². The van der Waals surface area contributed by atoms with E-state index in [1.165, 1.54) is 5.56 Å². The Balaban J connectivity index is 1.34. The van der Waals surface area contributed by atoms with Crippen molar-refractivity contribution in [3.8, 4) is 0 Å². The number of carbonyl (C=O) groups excluding carboxylic acids is 1. The number of rotatable bonds is 7. The van der Waals surface area contributed by atoms with Crippen LogP contribution in [0.2, 0.25) is 5.28 Å². The number of aryl methyl sites for hydroxylation is 1. The molecule has 2 N–H and O–H groups in total. The van der Waals surface area contributed by atoms with Gasteiger partial charge in [0.05, 0.1) is 5.39 Å². The topological polar surface area (TPSA) is 66.9 Å². The third-order valence-corrected chi connectivity index (χ3v) is 5.82. The molecule has 0 saturated carbocycles. The Kier molecular flexibility index (Phi) is 6.26. The number of hydrogen-bond donors (Lipinski definition) is 2. The highest BCUT2D eigenvalue weighted by atomic mass is 35.5. The lowest BCUT2D eigenvalue weighted by atomic mass is 10.1. The molecule has 0 bridgehead atoms. The first-order chi connectivity index (χ1) is 14.6. The molecule has 0 radical (unpaired) electrons. The summed E-state index contributed by atoms with van der Waals surface area (Å²) in [5, 5.41) is 7.50. The Hall–Kier alpha value is -2.96. The summed E-state index contributed by atoms with van der Waals surface area (Å²) < 4.78 is 0. The second-order valence-corrected chi connectivity index (χ2v) is 8.53. The molecule has 5 nitrogen and oxygen atoms in total. The minimum absolute atomic E-state index is 0.0662. The molecule has 0 unspecified atom stereocenters. The van der Waals surface area contributed by atoms with Crippen molar-refractivity contribution in [2.45, 2.75) is 19.9 Å². The van der Waals surface area contributed by atoms with Crippen LogP contribution in [0.25, 0.3) is 10.2 Å². The molecule has 7 heteroatoms. The number of fused-ring (bicyclic) bond motifs is 1. The van der Waals surface area contributed by atoms with Crippen molar-refractivity contribution in [3.63, 3.8) is 0 Å². The van der Waals surface area contributed by atoms with Gasteiger partial charge >= 0.3 is 0 Å². The number of thiophene rings is 1. The lowest BCUT2D eigenvalue weighted by Gasteiger charge is -2.09. The van der Waals surface area contributed by atoms with Crippen LogP contribution >= 0.6 is 22.9 Å². The largest absolute Gasteiger partial charge is 0.365 e. The zero-order chi connectivity index (χ0) is 20.9. The summed E-state index contributed by atoms with van der Waals surface area (Å²) in [5.74, 6) is 0.653. The van der Waals surface area contributed by atoms with Gasteiger partial charge in [0.2, 0.25) is 5.28 Å². The Morgan fingerprint density at radius 2 is 1.80 bits per heavy atom. The predicted molar refractivity (Wildman–Crippen MR) is 123 cm³/mol. The number of nitrogens with one attached hydrogen (secondary N) is 2. The zero-order valence-corrected chi connectivity index (χ0v) is 18.1. The van der Waals surface area contributed by atoms with Gasteiger partial charge in [-0.3, -0.25) is 4.79 Å². The van der Waals surface area contributed by atoms with Crippen molar-refractivity contribution in [2.75, 3.05) is 11.9 Å². The standard InChI is InChI=1S/C23H21ClN4OS/c1-15-13-19-20(27-23(24)28-22(19)30-15)26-14-17-7-9-18(10-8-17)21(29)25-12-11-16-5-3-2-4-6-16/h2-10,13H,11-12,14H2,1H3,(H,25,29)(H,26,27,28). The summed E-state index contributed by atoms with van der Waals surface area (Å²) >= 11 is 7.64. The molecule has 30 heavy (non-hydrogen) atoms. The normalized spacial score (nSPS) is 10.9. The van der Waals surface area contributed by atoms with Crippen LogP contribution in [0.1, 0.15) is 26.4 Å². The first-order valence-corrected chi connectivity index (χ1v) is 10.9. The fraction of sp³-hybridized carbons (Fsp3) is 0.174. The lowest BCUT2D eigenvalue weighted by Crippen LogP contribution is -2.25. The van der Waals surface area contributed by atoms with Gasteiger partial charge in [-0.15, -0.1) is 11.3 Å². The summed E-state index contributed by atoms with van der Waals surface area (Å²) in [6, 6.07) is 19.7. The van der Waals surface area contributed by atoms with Crippen molar-refractivity contribution in [1.29, 1.82) is 0 Å². The number of anilines is 1. The van der Waals surface area contributed by atoms with Gasteiger partial charge in [-0.2, -0.15) is 0 Å². The van der Waals surface area contributed by atoms with Crippen LogP contribution < -0.4 is 10.6 Å². The van der Waals surface area contributed by atoms with Crippen LogP contribution in [0.3, 0.4) is 0 Å². The minimum atomic E-state index is -0.0662. The first-order valence-electron chi connectivity index (χ1n) is 9.67. The smallest absolute Gasteiger partial charge is 0.251 e. The second kappa shape index (κ2) is 9.24. The Labute approximate surface area is 184 Å². The van der Waals surface area contributed by atoms with Gasteiger partial charge < -0.3 is 10.6 Å². The monoisotopic (exact) mass is 436 g/mol. The molecule has 152 valence electrons. The SMILES string of the molecule is Cc1cc2c(NCc3ccc(C(=O)NCCc4ccccc4)cc3)nc(Cl)nc2s1. The van der Waals surface area contributed by atoms with E-state index in [-0.39, 0.29) is 11.2 Å². The van der Waals surface area contributed by atoms with E-state index in [1.807, 2.05) is 49.4 Å². The van der Waals surface area contributed by atoms with Crippen LogP contribution in [-0.4, -0.2) is 22.4 Å². The van der Waals surface area contributed by atoms with Crippen molar-refractivity contribution >= 4 is 44.9 Å². The third-order valence-electron chi connectivity index (χ3n) is 4.71. The van der Waals surface area contributed by atoms with E-state index < -0.39 is 0 Å². The number of benzene rings is 2. The second-order valence-electron chi connectivity index (χ2n) is 6.96. The van der Waals surface area contributed by atoms with E-state index in [4.69, 9.17) is 11.6 Å². The maximum absolute atomic E-state index is 12.4. The number of amides is 1. The number of hydrogen-bond acceptors (Lipinski definition) is 5. The summed E-state index contributed by atoms with van der Waals surface area (Å²) in [4.78, 5) is 23.0. The highest BCUT2D eigenvalue weighted by Gasteiger charge is 2.10. The van der Waals surface area contributed by atoms with E-state index in [1.54, 1.807) is 11.3 Å². The zero-order valence-electron chi connectivity index (χ0n) is 16.5. The summed E-state index contributed by atoms with van der Waals surface area (Å²) in [7, 11) is 0. The summed E-state index contributed by atoms with van der Waals surface area (Å²) in [5.41, 5.74) is 2.90. The molecule has 0 fully saturated rings. The van der Waals surface area contributed by atoms with Gasteiger partial charge in [0.1, 0.15) is 10.6 Å². The van der Waals surface area contributed by atoms with E-state index in [9.17, 15) is 4.79 Å². The summed E-state index contributed by atoms with van der Waals surface area (Å²) in [6.07, 6.45) is 0.812. The van der Waals surface area contributed by atoms with Gasteiger partial charge in [-0.25, -0.2) is 9.97 Å². The molecule has 0 aliphatic rings. The van der Waals surface area contributed by atoms with E-state index in [0.717, 1.165) is 32.9 Å². The van der Waals surface area contributed by atoms with E-state index in [0.29, 0.717) is 18.7 Å². The fourth-order valence-electron chi connectivity index (χ4n) is 3.18. The van der Waals surface area contributed by atoms with Crippen molar-refractivity contribution < 1.29 is 4.79 Å². The molecule has 4 aromatic rings. The van der Waals surface area contributed by atoms with Gasteiger partial charge in [0.15, 0.2) is 0 Å². The van der Waals surface area contributed by atoms with Gasteiger partial charge in [0, 0.05) is 23.5 Å². The van der Waals surface area contributed by atoms with Crippen LogP contribution in [0.15, 0.2) is 60.7 Å². The van der Waals surface area contributed by atoms with Gasteiger partial charge in [0.25, 0.3) is 5.91 Å².